The van der Waals surface area contributed by atoms with Crippen molar-refractivity contribution >= 4 is 74.7 Å². The van der Waals surface area contributed by atoms with Crippen LogP contribution in [-0.4, -0.2) is 83.4 Å². The first kappa shape index (κ1) is 42.5. The lowest BCUT2D eigenvalue weighted by Gasteiger charge is -2.29. The maximum atomic E-state index is 13.2. The monoisotopic (exact) mass is 856 g/mol. The number of fused-ring (bicyclic) bond motifs is 2. The van der Waals surface area contributed by atoms with Crippen LogP contribution in [0, 0.1) is 0 Å². The molecule has 16 nitrogen and oxygen atoms in total. The Morgan fingerprint density at radius 1 is 0.859 bits per heavy atom. The second-order valence-electron chi connectivity index (χ2n) is 15.5. The van der Waals surface area contributed by atoms with Gasteiger partial charge >= 0.3 is 0 Å². The fourth-order valence-corrected chi connectivity index (χ4v) is 7.74. The molecule has 2 aromatic heterocycles. The number of hydrogen-bond acceptors (Lipinski definition) is 12. The molecule has 2 aliphatic heterocycles. The van der Waals surface area contributed by atoms with Crippen molar-refractivity contribution in [1.82, 2.24) is 30.8 Å². The van der Waals surface area contributed by atoms with Crippen molar-refractivity contribution in [2.24, 2.45) is 10.2 Å². The van der Waals surface area contributed by atoms with E-state index in [0.29, 0.717) is 52.2 Å². The minimum atomic E-state index is -0.719. The summed E-state index contributed by atoms with van der Waals surface area (Å²) >= 11 is 0. The lowest BCUT2D eigenvalue weighted by Crippen LogP contribution is -2.52. The fourth-order valence-electron chi connectivity index (χ4n) is 7.74. The maximum Gasteiger partial charge on any atom is 0.269 e. The summed E-state index contributed by atoms with van der Waals surface area (Å²) in [5.74, 6) is -1.70. The number of carbonyl (C=O) groups excluding carboxylic acids is 6. The zero-order chi connectivity index (χ0) is 44.7. The molecule has 16 heteroatoms. The van der Waals surface area contributed by atoms with Crippen molar-refractivity contribution in [1.29, 1.82) is 0 Å². The minimum absolute atomic E-state index is 0.0111. The van der Waals surface area contributed by atoms with Crippen LogP contribution in [0.5, 0.6) is 0 Å². The molecular formula is C48H44N10O6. The number of piperidine rings is 1. The fraction of sp³-hybridized carbons (Fsp3) is 0.208. The van der Waals surface area contributed by atoms with Crippen molar-refractivity contribution in [3.8, 4) is 11.1 Å². The number of nitrogens with zero attached hydrogens (tertiary/aromatic N) is 6. The van der Waals surface area contributed by atoms with E-state index in [1.807, 2.05) is 78.7 Å². The van der Waals surface area contributed by atoms with Gasteiger partial charge in [0.25, 0.3) is 17.7 Å². The summed E-state index contributed by atoms with van der Waals surface area (Å²) in [6, 6.07) is 30.5. The molecular weight excluding hydrogens is 813 g/mol. The molecule has 0 spiro atoms. The van der Waals surface area contributed by atoms with Gasteiger partial charge in [-0.3, -0.25) is 44.1 Å². The van der Waals surface area contributed by atoms with Crippen LogP contribution in [0.1, 0.15) is 62.5 Å². The molecule has 1 saturated heterocycles. The molecule has 0 radical (unpaired) electrons. The predicted octanol–water partition coefficient (Wildman–Crippen LogP) is 6.79. The van der Waals surface area contributed by atoms with Crippen LogP contribution in [0.25, 0.3) is 22.0 Å². The number of anilines is 3. The zero-order valence-electron chi connectivity index (χ0n) is 35.1. The van der Waals surface area contributed by atoms with Gasteiger partial charge in [0, 0.05) is 85.9 Å². The first-order chi connectivity index (χ1) is 31.1. The number of aromatic nitrogens is 2. The normalized spacial score (nSPS) is 14.6. The summed E-state index contributed by atoms with van der Waals surface area (Å²) in [4.78, 5) is 88.1. The molecule has 6 aromatic rings. The minimum Gasteiger partial charge on any atom is -0.367 e. The smallest absolute Gasteiger partial charge is 0.269 e. The third-order valence-electron chi connectivity index (χ3n) is 11.2. The van der Waals surface area contributed by atoms with Crippen LogP contribution in [0.15, 0.2) is 126 Å². The number of para-hydroxylation sites is 1. The molecule has 0 bridgehead atoms. The molecule has 1 atom stereocenters. The number of azo groups is 1. The van der Waals surface area contributed by atoms with E-state index in [1.54, 1.807) is 55.8 Å². The SMILES string of the molecule is CNC(=O)c1cnc2ccc(-c3ccc(C(=O)NCCCC(=O)CN(C)c4ccc(N=Nc5cccc6c5CN(C5CCC(=O)NC5=O)C6=O)cc4)nc3)cc2c1Nc1ccccc1. The zero-order valence-corrected chi connectivity index (χ0v) is 35.1. The third kappa shape index (κ3) is 9.35. The number of amides is 5. The van der Waals surface area contributed by atoms with E-state index >= 15 is 0 Å². The van der Waals surface area contributed by atoms with Crippen molar-refractivity contribution in [2.75, 3.05) is 37.4 Å². The number of Topliss-reactive ketones (excluding diaryl/α,β-unsaturated/α-hetero) is 1. The van der Waals surface area contributed by atoms with E-state index < -0.39 is 11.9 Å². The van der Waals surface area contributed by atoms with Crippen LogP contribution in [0.3, 0.4) is 0 Å². The summed E-state index contributed by atoms with van der Waals surface area (Å²) in [5.41, 5.74) is 7.42. The lowest BCUT2D eigenvalue weighted by molar-refractivity contribution is -0.137. The van der Waals surface area contributed by atoms with Gasteiger partial charge in [0.1, 0.15) is 11.7 Å². The van der Waals surface area contributed by atoms with Crippen molar-refractivity contribution in [2.45, 2.75) is 38.3 Å². The van der Waals surface area contributed by atoms with Crippen LogP contribution in [0.2, 0.25) is 0 Å². The third-order valence-corrected chi connectivity index (χ3v) is 11.2. The second-order valence-corrected chi connectivity index (χ2v) is 15.5. The second kappa shape index (κ2) is 18.9. The number of pyridine rings is 2. The van der Waals surface area contributed by atoms with Gasteiger partial charge in [0.05, 0.1) is 34.7 Å². The van der Waals surface area contributed by atoms with Gasteiger partial charge in [-0.1, -0.05) is 36.4 Å². The van der Waals surface area contributed by atoms with Crippen molar-refractivity contribution in [3.05, 3.63) is 138 Å². The standard InChI is InChI=1S/C48H44N10O6/c1-49-45(61)37-26-52-39-19-13-29(24-36(39)44(37)53-31-8-4-3-5-9-31)30-14-20-41(51-25-30)46(62)50-23-7-10-34(59)27-57(2)33-17-15-32(16-18-33)55-56-40-12-6-11-35-38(40)28-58(48(35)64)42-21-22-43(60)54-47(42)63/h3-6,8-9,11-20,24-26,42H,7,10,21-23,27-28H2,1-2H3,(H,49,61)(H,50,62)(H,52,53)(H,54,60,63). The highest BCUT2D eigenvalue weighted by Crippen LogP contribution is 2.35. The number of carbonyl (C=O) groups is 6. The topological polar surface area (TPSA) is 208 Å². The van der Waals surface area contributed by atoms with Crippen molar-refractivity contribution < 1.29 is 28.8 Å². The van der Waals surface area contributed by atoms with Gasteiger partial charge in [-0.25, -0.2) is 0 Å². The summed E-state index contributed by atoms with van der Waals surface area (Å²) in [6.07, 6.45) is 4.36. The van der Waals surface area contributed by atoms with Crippen LogP contribution >= 0.6 is 0 Å². The Balaban J connectivity index is 0.811. The van der Waals surface area contributed by atoms with Gasteiger partial charge in [0.15, 0.2) is 5.78 Å². The largest absolute Gasteiger partial charge is 0.367 e. The molecule has 4 heterocycles. The van der Waals surface area contributed by atoms with Crippen LogP contribution in [0.4, 0.5) is 28.4 Å². The number of nitrogens with one attached hydrogen (secondary N) is 4. The van der Waals surface area contributed by atoms with Crippen LogP contribution in [-0.2, 0) is 20.9 Å². The van der Waals surface area contributed by atoms with Crippen LogP contribution < -0.4 is 26.2 Å². The predicted molar refractivity (Wildman–Crippen MR) is 241 cm³/mol. The first-order valence-corrected chi connectivity index (χ1v) is 20.8. The van der Waals surface area contributed by atoms with E-state index in [4.69, 9.17) is 0 Å². The molecule has 4 aromatic carbocycles. The molecule has 4 N–H and O–H groups in total. The molecule has 2 aliphatic rings. The molecule has 0 saturated carbocycles. The number of ketones is 1. The Morgan fingerprint density at radius 2 is 1.66 bits per heavy atom. The van der Waals surface area contributed by atoms with Gasteiger partial charge in [-0.05, 0) is 85.1 Å². The van der Waals surface area contributed by atoms with E-state index in [0.717, 1.165) is 27.9 Å². The molecule has 8 rings (SSSR count). The van der Waals surface area contributed by atoms with E-state index in [2.05, 4.69) is 41.5 Å². The molecule has 64 heavy (non-hydrogen) atoms. The van der Waals surface area contributed by atoms with E-state index in [-0.39, 0.29) is 67.5 Å². The molecule has 322 valence electrons. The van der Waals surface area contributed by atoms with Crippen molar-refractivity contribution in [3.63, 3.8) is 0 Å². The Bertz CT molecular complexity index is 2810. The maximum absolute atomic E-state index is 13.2. The lowest BCUT2D eigenvalue weighted by atomic mass is 10.0. The highest BCUT2D eigenvalue weighted by molar-refractivity contribution is 6.09. The van der Waals surface area contributed by atoms with Gasteiger partial charge in [-0.2, -0.15) is 10.2 Å². The summed E-state index contributed by atoms with van der Waals surface area (Å²) in [7, 11) is 3.40. The van der Waals surface area contributed by atoms with Gasteiger partial charge in [0.2, 0.25) is 11.8 Å². The Labute approximate surface area is 368 Å². The van der Waals surface area contributed by atoms with E-state index in [1.165, 1.54) is 4.90 Å². The Kier molecular flexibility index (Phi) is 12.5. The number of likely N-dealkylation sites (N-methyl/N-ethyl adjacent to an activating group) is 1. The first-order valence-electron chi connectivity index (χ1n) is 20.8. The van der Waals surface area contributed by atoms with E-state index in [9.17, 15) is 28.8 Å². The number of benzene rings is 4. The molecule has 0 aliphatic carbocycles. The Morgan fingerprint density at radius 3 is 2.41 bits per heavy atom. The average molecular weight is 857 g/mol. The highest BCUT2D eigenvalue weighted by atomic mass is 16.2. The summed E-state index contributed by atoms with van der Waals surface area (Å²) < 4.78 is 0. The summed E-state index contributed by atoms with van der Waals surface area (Å²) in [6.45, 7) is 0.665. The number of hydrogen-bond donors (Lipinski definition) is 4. The molecule has 1 fully saturated rings. The summed E-state index contributed by atoms with van der Waals surface area (Å²) in [5, 5.41) is 20.8. The Hall–Kier alpha value is -8.14. The molecule has 1 unspecified atom stereocenters. The van der Waals surface area contributed by atoms with Gasteiger partial charge < -0.3 is 25.8 Å². The quantitative estimate of drug-likeness (QED) is 0.0483. The highest BCUT2D eigenvalue weighted by Gasteiger charge is 2.40. The van der Waals surface area contributed by atoms with Gasteiger partial charge in [-0.15, -0.1) is 0 Å². The average Bonchev–Trinajstić information content (AvgIpc) is 3.65. The number of rotatable bonds is 15. The molecule has 5 amide bonds. The number of imide groups is 1.